The van der Waals surface area contributed by atoms with Crippen LogP contribution in [-0.2, 0) is 6.42 Å². The predicted octanol–water partition coefficient (Wildman–Crippen LogP) is -0.00408. The van der Waals surface area contributed by atoms with E-state index in [1.165, 1.54) is 12.0 Å². The average Bonchev–Trinajstić information content (AvgIpc) is 1.98. The fourth-order valence-electron chi connectivity index (χ4n) is 1.02. The Kier molecular flexibility index (Phi) is 3.07. The zero-order chi connectivity index (χ0) is 8.27. The molecule has 0 aliphatic rings. The molecular weight excluding hydrogens is 199 g/mol. The first kappa shape index (κ1) is 8.73. The molecule has 1 aromatic heterocycles. The average molecular weight is 212 g/mol. The van der Waals surface area contributed by atoms with E-state index in [9.17, 15) is 0 Å². The van der Waals surface area contributed by atoms with Crippen LogP contribution in [0.4, 0.5) is 0 Å². The maximum atomic E-state index is 4.08. The van der Waals surface area contributed by atoms with Gasteiger partial charge in [-0.1, -0.05) is 0 Å². The number of rotatable bonds is 2. The molecule has 1 atom stereocenters. The molecule has 3 heteroatoms. The number of aromatic nitrogens is 2. The van der Waals surface area contributed by atoms with Gasteiger partial charge in [0.15, 0.2) is 0 Å². The van der Waals surface area contributed by atoms with E-state index in [1.807, 2.05) is 6.92 Å². The first-order valence-corrected chi connectivity index (χ1v) is 5.04. The van der Waals surface area contributed by atoms with Gasteiger partial charge < -0.3 is 0 Å². The van der Waals surface area contributed by atoms with Gasteiger partial charge in [-0.2, -0.15) is 0 Å². The van der Waals surface area contributed by atoms with Crippen LogP contribution in [0.1, 0.15) is 24.6 Å². The van der Waals surface area contributed by atoms with Crippen LogP contribution < -0.4 is 4.48 Å². The van der Waals surface area contributed by atoms with Crippen LogP contribution in [0.15, 0.2) is 6.07 Å². The minimum absolute atomic E-state index is 1.02. The zero-order valence-electron chi connectivity index (χ0n) is 6.96. The minimum atomic E-state index is 1.02. The van der Waals surface area contributed by atoms with Crippen molar-refractivity contribution >= 4 is 21.3 Å². The van der Waals surface area contributed by atoms with Crippen molar-refractivity contribution in [3.63, 3.8) is 0 Å². The first-order chi connectivity index (χ1) is 5.24. The third-order valence-corrected chi connectivity index (χ3v) is 2.57. The Hall–Kier alpha value is -0.362. The number of nitrogens with zero attached hydrogens (tertiary/aromatic N) is 2. The van der Waals surface area contributed by atoms with Gasteiger partial charge in [0.25, 0.3) is 0 Å². The number of aryl methyl sites for hydroxylation is 2. The summed E-state index contributed by atoms with van der Waals surface area (Å²) in [4.78, 5) is 0. The van der Waals surface area contributed by atoms with Gasteiger partial charge in [0.2, 0.25) is 0 Å². The molecule has 11 heavy (non-hydrogen) atoms. The van der Waals surface area contributed by atoms with Crippen molar-refractivity contribution in [3.8, 4) is 0 Å². The van der Waals surface area contributed by atoms with E-state index in [0.717, 1.165) is 16.6 Å². The van der Waals surface area contributed by atoms with Crippen molar-refractivity contribution in [2.45, 2.75) is 26.7 Å². The molecule has 0 radical (unpaired) electrons. The van der Waals surface area contributed by atoms with E-state index in [2.05, 4.69) is 23.2 Å². The maximum absolute atomic E-state index is 4.08. The molecule has 0 N–H and O–H groups in total. The molecule has 0 spiro atoms. The van der Waals surface area contributed by atoms with Crippen LogP contribution in [0.25, 0.3) is 0 Å². The van der Waals surface area contributed by atoms with Gasteiger partial charge in [0.1, 0.15) is 0 Å². The SMILES string of the molecule is CCCc1cc(C)nnc1[AsH2]. The zero-order valence-corrected chi connectivity index (χ0v) is 9.39. The number of hydrogen-bond acceptors (Lipinski definition) is 2. The van der Waals surface area contributed by atoms with Crippen LogP contribution in [0.2, 0.25) is 0 Å². The summed E-state index contributed by atoms with van der Waals surface area (Å²) in [6.07, 6.45) is 2.31. The van der Waals surface area contributed by atoms with Gasteiger partial charge in [-0.25, -0.2) is 0 Å². The summed E-state index contributed by atoms with van der Waals surface area (Å²) in [6.45, 7) is 4.17. The molecule has 0 fully saturated rings. The van der Waals surface area contributed by atoms with Crippen molar-refractivity contribution in [1.29, 1.82) is 0 Å². The summed E-state index contributed by atoms with van der Waals surface area (Å²) < 4.78 is 1.13. The second kappa shape index (κ2) is 3.87. The van der Waals surface area contributed by atoms with Gasteiger partial charge in [0, 0.05) is 0 Å². The molecule has 2 nitrogen and oxygen atoms in total. The fraction of sp³-hybridized carbons (Fsp3) is 0.500. The molecular formula is C8H13AsN2. The normalized spacial score (nSPS) is 10.1. The van der Waals surface area contributed by atoms with Gasteiger partial charge in [-0.05, 0) is 0 Å². The van der Waals surface area contributed by atoms with Gasteiger partial charge in [-0.15, -0.1) is 0 Å². The van der Waals surface area contributed by atoms with Crippen LogP contribution in [0.3, 0.4) is 0 Å². The Morgan fingerprint density at radius 3 is 2.82 bits per heavy atom. The third-order valence-electron chi connectivity index (χ3n) is 1.55. The predicted molar refractivity (Wildman–Crippen MR) is 48.9 cm³/mol. The Bertz CT molecular complexity index is 248. The van der Waals surface area contributed by atoms with E-state index >= 15 is 0 Å². The van der Waals surface area contributed by atoms with Gasteiger partial charge in [0.05, 0.1) is 0 Å². The van der Waals surface area contributed by atoms with E-state index in [1.54, 1.807) is 16.9 Å². The van der Waals surface area contributed by atoms with Gasteiger partial charge in [-0.3, -0.25) is 0 Å². The molecule has 60 valence electrons. The molecule has 0 saturated heterocycles. The molecule has 0 amide bonds. The number of hydrogen-bond donors (Lipinski definition) is 0. The summed E-state index contributed by atoms with van der Waals surface area (Å²) in [6, 6.07) is 2.13. The van der Waals surface area contributed by atoms with E-state index < -0.39 is 0 Å². The summed E-state index contributed by atoms with van der Waals surface area (Å²) in [5, 5.41) is 8.06. The second-order valence-corrected chi connectivity index (χ2v) is 3.79. The van der Waals surface area contributed by atoms with E-state index in [0.29, 0.717) is 0 Å². The quantitative estimate of drug-likeness (QED) is 0.645. The molecule has 1 rings (SSSR count). The molecule has 0 aliphatic heterocycles. The topological polar surface area (TPSA) is 25.8 Å². The Morgan fingerprint density at radius 1 is 1.45 bits per heavy atom. The summed E-state index contributed by atoms with van der Waals surface area (Å²) in [7, 11) is 0. The van der Waals surface area contributed by atoms with Crippen LogP contribution in [-0.4, -0.2) is 27.1 Å². The van der Waals surface area contributed by atoms with Gasteiger partial charge >= 0.3 is 75.5 Å². The van der Waals surface area contributed by atoms with E-state index in [-0.39, 0.29) is 0 Å². The second-order valence-electron chi connectivity index (χ2n) is 2.65. The van der Waals surface area contributed by atoms with Crippen molar-refractivity contribution < 1.29 is 0 Å². The summed E-state index contributed by atoms with van der Waals surface area (Å²) >= 11 is 1.56. The van der Waals surface area contributed by atoms with Crippen molar-refractivity contribution in [1.82, 2.24) is 10.2 Å². The molecule has 1 aromatic rings. The monoisotopic (exact) mass is 212 g/mol. The molecule has 1 heterocycles. The van der Waals surface area contributed by atoms with Crippen LogP contribution in [0, 0.1) is 6.92 Å². The summed E-state index contributed by atoms with van der Waals surface area (Å²) in [5.41, 5.74) is 2.38. The van der Waals surface area contributed by atoms with Crippen molar-refractivity contribution in [2.75, 3.05) is 0 Å². The Labute approximate surface area is 75.9 Å². The first-order valence-electron chi connectivity index (χ1n) is 3.82. The molecule has 0 bridgehead atoms. The van der Waals surface area contributed by atoms with E-state index in [4.69, 9.17) is 0 Å². The summed E-state index contributed by atoms with van der Waals surface area (Å²) in [5.74, 6) is 0. The Morgan fingerprint density at radius 2 is 2.18 bits per heavy atom. The molecule has 0 aliphatic carbocycles. The fourth-order valence-corrected chi connectivity index (χ4v) is 1.62. The molecule has 0 aromatic carbocycles. The van der Waals surface area contributed by atoms with Crippen molar-refractivity contribution in [3.05, 3.63) is 17.3 Å². The third kappa shape index (κ3) is 2.30. The van der Waals surface area contributed by atoms with Crippen LogP contribution >= 0.6 is 0 Å². The van der Waals surface area contributed by atoms with Crippen molar-refractivity contribution in [2.24, 2.45) is 0 Å². The standard InChI is InChI=1S/C8H13AsN2/c1-3-4-7-5-6(2)10-11-8(7)9/h5H,3-4,9H2,1-2H3. The van der Waals surface area contributed by atoms with Crippen LogP contribution in [0.5, 0.6) is 0 Å². The molecule has 1 unspecified atom stereocenters. The molecule has 0 saturated carbocycles. The Balaban J connectivity index is 2.93.